The molecule has 4 rings (SSSR count). The van der Waals surface area contributed by atoms with Gasteiger partial charge in [-0.25, -0.2) is 5.14 Å². The SMILES string of the molecule is C[C@@]12CC[C@@H]3[C@@](CC[C@@H]4[C@](C)(COS(N)(=O)=O)CCC[C@]43C)(CC1=O)C2. The fraction of sp³-hybridized carbons (Fsp3) is 0.950. The Hall–Kier alpha value is -0.460. The molecule has 5 nitrogen and oxygen atoms in total. The molecule has 0 aromatic heterocycles. The van der Waals surface area contributed by atoms with Gasteiger partial charge in [0, 0.05) is 11.8 Å². The van der Waals surface area contributed by atoms with E-state index in [4.69, 9.17) is 9.32 Å². The van der Waals surface area contributed by atoms with Crippen LogP contribution in [-0.4, -0.2) is 20.8 Å². The van der Waals surface area contributed by atoms with Crippen LogP contribution in [0.25, 0.3) is 0 Å². The minimum absolute atomic E-state index is 0.0889. The van der Waals surface area contributed by atoms with Crippen LogP contribution < -0.4 is 5.14 Å². The van der Waals surface area contributed by atoms with E-state index in [0.717, 1.165) is 51.4 Å². The van der Waals surface area contributed by atoms with Crippen LogP contribution in [0.2, 0.25) is 0 Å². The van der Waals surface area contributed by atoms with E-state index in [9.17, 15) is 13.2 Å². The Kier molecular flexibility index (Phi) is 4.02. The summed E-state index contributed by atoms with van der Waals surface area (Å²) in [7, 11) is -3.91. The van der Waals surface area contributed by atoms with Crippen molar-refractivity contribution in [3.63, 3.8) is 0 Å². The summed E-state index contributed by atoms with van der Waals surface area (Å²) in [4.78, 5) is 12.7. The van der Waals surface area contributed by atoms with Gasteiger partial charge in [-0.2, -0.15) is 8.42 Å². The highest BCUT2D eigenvalue weighted by Crippen LogP contribution is 2.72. The number of carbonyl (C=O) groups excluding carboxylic acids is 1. The number of ketones is 1. The molecule has 0 aliphatic heterocycles. The fourth-order valence-electron chi connectivity index (χ4n) is 8.03. The molecule has 0 saturated heterocycles. The molecule has 4 aliphatic carbocycles. The molecule has 148 valence electrons. The van der Waals surface area contributed by atoms with E-state index < -0.39 is 10.3 Å². The molecular formula is C20H33NO4S. The Balaban J connectivity index is 1.65. The third kappa shape index (κ3) is 2.62. The van der Waals surface area contributed by atoms with Crippen molar-refractivity contribution in [1.29, 1.82) is 0 Å². The maximum atomic E-state index is 12.7. The number of Topliss-reactive ketones (excluding diaryl/α,β-unsaturated/α-hetero) is 1. The molecule has 2 bridgehead atoms. The van der Waals surface area contributed by atoms with E-state index in [-0.39, 0.29) is 28.3 Å². The summed E-state index contributed by atoms with van der Waals surface area (Å²) in [6, 6.07) is 0. The second kappa shape index (κ2) is 5.54. The lowest BCUT2D eigenvalue weighted by molar-refractivity contribution is -0.161. The molecule has 26 heavy (non-hydrogen) atoms. The van der Waals surface area contributed by atoms with Crippen LogP contribution in [0.1, 0.15) is 78.6 Å². The molecule has 2 N–H and O–H groups in total. The molecular weight excluding hydrogens is 350 g/mol. The Morgan fingerprint density at radius 2 is 1.77 bits per heavy atom. The van der Waals surface area contributed by atoms with Crippen molar-refractivity contribution in [2.45, 2.75) is 78.6 Å². The van der Waals surface area contributed by atoms with Gasteiger partial charge >= 0.3 is 10.3 Å². The summed E-state index contributed by atoms with van der Waals surface area (Å²) in [6.45, 7) is 6.97. The van der Waals surface area contributed by atoms with E-state index in [1.54, 1.807) is 0 Å². The molecule has 0 radical (unpaired) electrons. The number of fused-ring (bicyclic) bond motifs is 3. The molecule has 6 heteroatoms. The highest BCUT2D eigenvalue weighted by Gasteiger charge is 2.67. The Morgan fingerprint density at radius 3 is 2.46 bits per heavy atom. The van der Waals surface area contributed by atoms with Gasteiger partial charge in [0.25, 0.3) is 0 Å². The van der Waals surface area contributed by atoms with E-state index >= 15 is 0 Å². The average molecular weight is 384 g/mol. The van der Waals surface area contributed by atoms with Gasteiger partial charge < -0.3 is 0 Å². The zero-order chi connectivity index (χ0) is 19.0. The predicted octanol–water partition coefficient (Wildman–Crippen LogP) is 3.58. The summed E-state index contributed by atoms with van der Waals surface area (Å²) in [5.41, 5.74) is 0.103. The number of nitrogens with two attached hydrogens (primary N) is 1. The first-order valence-electron chi connectivity index (χ1n) is 10.1. The maximum Gasteiger partial charge on any atom is 0.333 e. The minimum Gasteiger partial charge on any atom is -0.299 e. The molecule has 0 unspecified atom stereocenters. The number of carbonyl (C=O) groups is 1. The normalized spacial score (nSPS) is 51.0. The van der Waals surface area contributed by atoms with Crippen LogP contribution in [0.4, 0.5) is 0 Å². The smallest absolute Gasteiger partial charge is 0.299 e. The average Bonchev–Trinajstić information content (AvgIpc) is 2.69. The van der Waals surface area contributed by atoms with Crippen molar-refractivity contribution in [3.8, 4) is 0 Å². The first-order chi connectivity index (χ1) is 11.9. The van der Waals surface area contributed by atoms with Crippen LogP contribution in [0.3, 0.4) is 0 Å². The van der Waals surface area contributed by atoms with Crippen molar-refractivity contribution in [2.24, 2.45) is 38.6 Å². The topological polar surface area (TPSA) is 86.5 Å². The largest absolute Gasteiger partial charge is 0.333 e. The summed E-state index contributed by atoms with van der Waals surface area (Å²) >= 11 is 0. The van der Waals surface area contributed by atoms with E-state index in [1.165, 1.54) is 6.42 Å². The molecule has 4 saturated carbocycles. The van der Waals surface area contributed by atoms with E-state index in [2.05, 4.69) is 20.8 Å². The van der Waals surface area contributed by atoms with Crippen LogP contribution in [0.5, 0.6) is 0 Å². The van der Waals surface area contributed by atoms with Gasteiger partial charge in [0.05, 0.1) is 6.61 Å². The molecule has 0 amide bonds. The van der Waals surface area contributed by atoms with Crippen LogP contribution >= 0.6 is 0 Å². The van der Waals surface area contributed by atoms with Gasteiger partial charge in [-0.15, -0.1) is 0 Å². The van der Waals surface area contributed by atoms with Gasteiger partial charge in [0.1, 0.15) is 5.78 Å². The lowest BCUT2D eigenvalue weighted by Crippen LogP contribution is -2.58. The molecule has 4 aliphatic rings. The van der Waals surface area contributed by atoms with Crippen LogP contribution in [0, 0.1) is 33.5 Å². The van der Waals surface area contributed by atoms with Gasteiger partial charge in [0.15, 0.2) is 0 Å². The Morgan fingerprint density at radius 1 is 1.08 bits per heavy atom. The van der Waals surface area contributed by atoms with Crippen LogP contribution in [0.15, 0.2) is 0 Å². The molecule has 0 aromatic carbocycles. The predicted molar refractivity (Wildman–Crippen MR) is 99.4 cm³/mol. The molecule has 0 aromatic rings. The molecule has 4 fully saturated rings. The van der Waals surface area contributed by atoms with E-state index in [0.29, 0.717) is 17.6 Å². The van der Waals surface area contributed by atoms with Crippen molar-refractivity contribution in [2.75, 3.05) is 6.61 Å². The summed E-state index contributed by atoms with van der Waals surface area (Å²) in [5, 5.41) is 5.11. The van der Waals surface area contributed by atoms with Crippen molar-refractivity contribution in [3.05, 3.63) is 0 Å². The van der Waals surface area contributed by atoms with Gasteiger partial charge in [-0.3, -0.25) is 8.98 Å². The highest BCUT2D eigenvalue weighted by atomic mass is 32.2. The molecule has 6 atom stereocenters. The molecule has 0 heterocycles. The lowest BCUT2D eigenvalue weighted by Gasteiger charge is -2.64. The maximum absolute atomic E-state index is 12.7. The van der Waals surface area contributed by atoms with Crippen molar-refractivity contribution >= 4 is 16.1 Å². The summed E-state index contributed by atoms with van der Waals surface area (Å²) in [5.74, 6) is 1.49. The van der Waals surface area contributed by atoms with Crippen molar-refractivity contribution in [1.82, 2.24) is 0 Å². The number of hydrogen-bond acceptors (Lipinski definition) is 4. The second-order valence-corrected chi connectivity index (χ2v) is 11.9. The number of hydrogen-bond donors (Lipinski definition) is 1. The van der Waals surface area contributed by atoms with Gasteiger partial charge in [-0.05, 0) is 73.0 Å². The third-order valence-corrected chi connectivity index (χ3v) is 9.48. The van der Waals surface area contributed by atoms with Gasteiger partial charge in [-0.1, -0.05) is 27.2 Å². The zero-order valence-corrected chi connectivity index (χ0v) is 17.2. The van der Waals surface area contributed by atoms with E-state index in [1.807, 2.05) is 0 Å². The zero-order valence-electron chi connectivity index (χ0n) is 16.3. The Labute approximate surface area is 157 Å². The fourth-order valence-corrected chi connectivity index (χ4v) is 8.46. The minimum atomic E-state index is -3.91. The first-order valence-corrected chi connectivity index (χ1v) is 11.6. The first kappa shape index (κ1) is 18.9. The summed E-state index contributed by atoms with van der Waals surface area (Å²) in [6.07, 6.45) is 9.42. The summed E-state index contributed by atoms with van der Waals surface area (Å²) < 4.78 is 27.8. The van der Waals surface area contributed by atoms with Gasteiger partial charge in [0.2, 0.25) is 0 Å². The van der Waals surface area contributed by atoms with Crippen molar-refractivity contribution < 1.29 is 17.4 Å². The lowest BCUT2D eigenvalue weighted by atomic mass is 9.40. The standard InChI is InChI=1S/C20H33NO4S/c1-17-9-5-15-19(3)8-4-7-18(2,13-25-26(21,23)24)14(19)6-10-20(15,12-17)11-16(17)22/h14-15H,4-13H2,1-3H3,(H2,21,23,24)/t14-,15+,17+,18+,19-,20+/m1/s1. The third-order valence-electron chi connectivity index (χ3n) is 9.03. The quantitative estimate of drug-likeness (QED) is 0.807. The highest BCUT2D eigenvalue weighted by molar-refractivity contribution is 7.84. The number of rotatable bonds is 3. The van der Waals surface area contributed by atoms with Crippen LogP contribution in [-0.2, 0) is 19.3 Å². The monoisotopic (exact) mass is 383 g/mol. The Bertz CT molecular complexity index is 736. The molecule has 1 spiro atoms. The second-order valence-electron chi connectivity index (χ2n) is 10.7.